The third kappa shape index (κ3) is 2.49. The van der Waals surface area contributed by atoms with E-state index in [-0.39, 0.29) is 18.1 Å². The topological polar surface area (TPSA) is 80.1 Å². The average Bonchev–Trinajstić information content (AvgIpc) is 2.81. The first-order valence-corrected chi connectivity index (χ1v) is 6.92. The molecule has 0 aliphatic carbocycles. The highest BCUT2D eigenvalue weighted by Crippen LogP contribution is 2.21. The van der Waals surface area contributed by atoms with E-state index in [9.17, 15) is 4.79 Å². The number of hydrogen-bond donors (Lipinski definition) is 3. The molecule has 5 heteroatoms. The maximum absolute atomic E-state index is 12.4. The summed E-state index contributed by atoms with van der Waals surface area (Å²) < 4.78 is 5.49. The number of nitrogen functional groups attached to an aromatic ring is 1. The van der Waals surface area contributed by atoms with E-state index in [4.69, 9.17) is 10.5 Å². The second-order valence-electron chi connectivity index (χ2n) is 5.38. The van der Waals surface area contributed by atoms with Gasteiger partial charge in [0.25, 0.3) is 5.91 Å². The van der Waals surface area contributed by atoms with Gasteiger partial charge in [-0.05, 0) is 38.0 Å². The van der Waals surface area contributed by atoms with Gasteiger partial charge in [0.2, 0.25) is 0 Å². The van der Waals surface area contributed by atoms with Gasteiger partial charge in [-0.25, -0.2) is 0 Å². The van der Waals surface area contributed by atoms with Crippen molar-refractivity contribution in [2.45, 2.75) is 31.9 Å². The molecule has 2 atom stereocenters. The molecule has 1 fully saturated rings. The summed E-state index contributed by atoms with van der Waals surface area (Å²) in [7, 11) is 0. The summed E-state index contributed by atoms with van der Waals surface area (Å²) in [5, 5.41) is 3.95. The SMILES string of the molecule is CC1CC(NC(=O)c2c[nH]c3ccc(N)cc23)CCO1. The molecule has 2 unspecified atom stereocenters. The molecule has 1 aromatic heterocycles. The second-order valence-corrected chi connectivity index (χ2v) is 5.38. The molecule has 0 radical (unpaired) electrons. The van der Waals surface area contributed by atoms with E-state index in [2.05, 4.69) is 10.3 Å². The molecule has 1 aliphatic heterocycles. The Morgan fingerprint density at radius 1 is 1.50 bits per heavy atom. The predicted molar refractivity (Wildman–Crippen MR) is 78.6 cm³/mol. The monoisotopic (exact) mass is 273 g/mol. The summed E-state index contributed by atoms with van der Waals surface area (Å²) in [5.41, 5.74) is 8.02. The fourth-order valence-corrected chi connectivity index (χ4v) is 2.72. The molecule has 1 amide bonds. The lowest BCUT2D eigenvalue weighted by atomic mass is 10.0. The number of carbonyl (C=O) groups is 1. The molecule has 5 nitrogen and oxygen atoms in total. The first-order chi connectivity index (χ1) is 9.63. The lowest BCUT2D eigenvalue weighted by Crippen LogP contribution is -2.41. The Bertz CT molecular complexity index is 635. The summed E-state index contributed by atoms with van der Waals surface area (Å²) >= 11 is 0. The lowest BCUT2D eigenvalue weighted by Gasteiger charge is -2.27. The number of nitrogens with two attached hydrogens (primary N) is 1. The van der Waals surface area contributed by atoms with Crippen molar-refractivity contribution in [3.8, 4) is 0 Å². The number of amides is 1. The molecule has 0 spiro atoms. The summed E-state index contributed by atoms with van der Waals surface area (Å²) in [6, 6.07) is 5.71. The van der Waals surface area contributed by atoms with Crippen LogP contribution in [0.1, 0.15) is 30.1 Å². The minimum atomic E-state index is -0.0547. The number of aromatic nitrogens is 1. The summed E-state index contributed by atoms with van der Waals surface area (Å²) in [4.78, 5) is 15.5. The third-order valence-corrected chi connectivity index (χ3v) is 3.77. The van der Waals surface area contributed by atoms with Crippen molar-refractivity contribution in [2.75, 3.05) is 12.3 Å². The van der Waals surface area contributed by atoms with E-state index >= 15 is 0 Å². The van der Waals surface area contributed by atoms with E-state index < -0.39 is 0 Å². The molecular weight excluding hydrogens is 254 g/mol. The molecule has 1 saturated heterocycles. The van der Waals surface area contributed by atoms with E-state index in [0.717, 1.165) is 23.7 Å². The number of H-pyrrole nitrogens is 1. The Morgan fingerprint density at radius 2 is 2.35 bits per heavy atom. The van der Waals surface area contributed by atoms with E-state index in [1.54, 1.807) is 6.20 Å². The maximum atomic E-state index is 12.4. The number of rotatable bonds is 2. The van der Waals surface area contributed by atoms with Gasteiger partial charge in [0.15, 0.2) is 0 Å². The van der Waals surface area contributed by atoms with Gasteiger partial charge in [0, 0.05) is 35.4 Å². The lowest BCUT2D eigenvalue weighted by molar-refractivity contribution is 0.0137. The number of ether oxygens (including phenoxy) is 1. The number of benzene rings is 1. The van der Waals surface area contributed by atoms with Crippen molar-refractivity contribution in [1.29, 1.82) is 0 Å². The van der Waals surface area contributed by atoms with Crippen molar-refractivity contribution >= 4 is 22.5 Å². The minimum absolute atomic E-state index is 0.0547. The highest BCUT2D eigenvalue weighted by atomic mass is 16.5. The summed E-state index contributed by atoms with van der Waals surface area (Å²) in [5.74, 6) is -0.0547. The highest BCUT2D eigenvalue weighted by Gasteiger charge is 2.22. The van der Waals surface area contributed by atoms with E-state index in [1.165, 1.54) is 0 Å². The largest absolute Gasteiger partial charge is 0.399 e. The van der Waals surface area contributed by atoms with Gasteiger partial charge in [-0.3, -0.25) is 4.79 Å². The maximum Gasteiger partial charge on any atom is 0.253 e. The van der Waals surface area contributed by atoms with Gasteiger partial charge in [-0.1, -0.05) is 0 Å². The zero-order valence-corrected chi connectivity index (χ0v) is 11.5. The molecule has 1 aliphatic rings. The molecule has 2 aromatic rings. The number of hydrogen-bond acceptors (Lipinski definition) is 3. The van der Waals surface area contributed by atoms with Crippen molar-refractivity contribution in [3.05, 3.63) is 30.0 Å². The smallest absolute Gasteiger partial charge is 0.253 e. The van der Waals surface area contributed by atoms with Gasteiger partial charge in [-0.2, -0.15) is 0 Å². The zero-order chi connectivity index (χ0) is 14.1. The molecule has 0 saturated carbocycles. The van der Waals surface area contributed by atoms with Crippen LogP contribution in [-0.4, -0.2) is 29.6 Å². The molecular formula is C15H19N3O2. The second kappa shape index (κ2) is 5.17. The van der Waals surface area contributed by atoms with Gasteiger partial charge < -0.3 is 20.8 Å². The fourth-order valence-electron chi connectivity index (χ4n) is 2.72. The van der Waals surface area contributed by atoms with Crippen LogP contribution < -0.4 is 11.1 Å². The van der Waals surface area contributed by atoms with Crippen molar-refractivity contribution in [2.24, 2.45) is 0 Å². The van der Waals surface area contributed by atoms with Crippen molar-refractivity contribution in [3.63, 3.8) is 0 Å². The molecule has 106 valence electrons. The van der Waals surface area contributed by atoms with Crippen LogP contribution in [0.25, 0.3) is 10.9 Å². The van der Waals surface area contributed by atoms with E-state index in [1.807, 2.05) is 25.1 Å². The summed E-state index contributed by atoms with van der Waals surface area (Å²) in [6.07, 6.45) is 3.66. The Hall–Kier alpha value is -2.01. The first-order valence-electron chi connectivity index (χ1n) is 6.92. The van der Waals surface area contributed by atoms with Crippen LogP contribution in [0.2, 0.25) is 0 Å². The molecule has 4 N–H and O–H groups in total. The quantitative estimate of drug-likeness (QED) is 0.733. The Balaban J connectivity index is 1.80. The summed E-state index contributed by atoms with van der Waals surface area (Å²) in [6.45, 7) is 2.73. The zero-order valence-electron chi connectivity index (χ0n) is 11.5. The van der Waals surface area contributed by atoms with Crippen molar-refractivity contribution < 1.29 is 9.53 Å². The van der Waals surface area contributed by atoms with Crippen molar-refractivity contribution in [1.82, 2.24) is 10.3 Å². The molecule has 2 heterocycles. The van der Waals surface area contributed by atoms with Crippen LogP contribution in [0.4, 0.5) is 5.69 Å². The fraction of sp³-hybridized carbons (Fsp3) is 0.400. The van der Waals surface area contributed by atoms with Gasteiger partial charge in [0.1, 0.15) is 0 Å². The molecule has 20 heavy (non-hydrogen) atoms. The number of anilines is 1. The van der Waals surface area contributed by atoms with E-state index in [0.29, 0.717) is 17.9 Å². The number of fused-ring (bicyclic) bond motifs is 1. The molecule has 1 aromatic carbocycles. The number of carbonyl (C=O) groups excluding carboxylic acids is 1. The number of nitrogens with one attached hydrogen (secondary N) is 2. The minimum Gasteiger partial charge on any atom is -0.399 e. The van der Waals surface area contributed by atoms with Gasteiger partial charge in [-0.15, -0.1) is 0 Å². The van der Waals surface area contributed by atoms with Crippen LogP contribution in [0.5, 0.6) is 0 Å². The standard InChI is InChI=1S/C15H19N3O2/c1-9-6-11(4-5-20-9)18-15(19)13-8-17-14-3-2-10(16)7-12(13)14/h2-3,7-9,11,17H,4-6,16H2,1H3,(H,18,19). The van der Waals surface area contributed by atoms with Gasteiger partial charge in [0.05, 0.1) is 11.7 Å². The highest BCUT2D eigenvalue weighted by molar-refractivity contribution is 6.07. The number of aromatic amines is 1. The molecule has 3 rings (SSSR count). The normalized spacial score (nSPS) is 22.9. The van der Waals surface area contributed by atoms with Crippen LogP contribution in [0.3, 0.4) is 0 Å². The Kier molecular flexibility index (Phi) is 3.36. The average molecular weight is 273 g/mol. The molecule has 0 bridgehead atoms. The van der Waals surface area contributed by atoms with Crippen LogP contribution >= 0.6 is 0 Å². The third-order valence-electron chi connectivity index (χ3n) is 3.77. The van der Waals surface area contributed by atoms with Crippen LogP contribution in [0, 0.1) is 0 Å². The predicted octanol–water partition coefficient (Wildman–Crippen LogP) is 2.05. The van der Waals surface area contributed by atoms with Crippen LogP contribution in [0.15, 0.2) is 24.4 Å². The Morgan fingerprint density at radius 3 is 3.15 bits per heavy atom. The Labute approximate surface area is 117 Å². The first kappa shape index (κ1) is 13.0. The van der Waals surface area contributed by atoms with Crippen LogP contribution in [-0.2, 0) is 4.74 Å². The van der Waals surface area contributed by atoms with Gasteiger partial charge >= 0.3 is 0 Å².